The number of carboxylic acid groups (broad SMARTS) is 1. The summed E-state index contributed by atoms with van der Waals surface area (Å²) >= 11 is 0. The second-order valence-electron chi connectivity index (χ2n) is 5.14. The normalized spacial score (nSPS) is 11.1. The first kappa shape index (κ1) is 16.0. The van der Waals surface area contributed by atoms with Crippen molar-refractivity contribution in [3.05, 3.63) is 53.1 Å². The van der Waals surface area contributed by atoms with Crippen LogP contribution in [0.4, 0.5) is 5.69 Å². The van der Waals surface area contributed by atoms with E-state index in [1.54, 1.807) is 18.2 Å². The van der Waals surface area contributed by atoms with Gasteiger partial charge in [-0.25, -0.2) is 4.79 Å². The van der Waals surface area contributed by atoms with Gasteiger partial charge in [0.2, 0.25) is 0 Å². The van der Waals surface area contributed by atoms with E-state index < -0.39 is 5.97 Å². The molecule has 0 spiro atoms. The molecule has 0 unspecified atom stereocenters. The molecule has 0 saturated carbocycles. The summed E-state index contributed by atoms with van der Waals surface area (Å²) in [6.07, 6.45) is 6.51. The third kappa shape index (κ3) is 6.23. The van der Waals surface area contributed by atoms with Gasteiger partial charge < -0.3 is 10.4 Å². The first-order valence-corrected chi connectivity index (χ1v) is 6.85. The summed E-state index contributed by atoms with van der Waals surface area (Å²) in [5.74, 6) is -0.901. The molecule has 1 rings (SSSR count). The number of carboxylic acids is 1. The molecule has 3 nitrogen and oxygen atoms in total. The van der Waals surface area contributed by atoms with Crippen LogP contribution in [-0.4, -0.2) is 17.6 Å². The lowest BCUT2D eigenvalue weighted by atomic mass is 10.1. The summed E-state index contributed by atoms with van der Waals surface area (Å²) < 4.78 is 0. The van der Waals surface area contributed by atoms with Crippen molar-refractivity contribution in [1.82, 2.24) is 0 Å². The fourth-order valence-electron chi connectivity index (χ4n) is 1.80. The van der Waals surface area contributed by atoms with E-state index in [-0.39, 0.29) is 0 Å². The molecule has 20 heavy (non-hydrogen) atoms. The van der Waals surface area contributed by atoms with Crippen molar-refractivity contribution in [2.45, 2.75) is 33.6 Å². The van der Waals surface area contributed by atoms with Crippen LogP contribution in [0.5, 0.6) is 0 Å². The van der Waals surface area contributed by atoms with Gasteiger partial charge in [-0.15, -0.1) is 0 Å². The van der Waals surface area contributed by atoms with Gasteiger partial charge in [0.25, 0.3) is 0 Å². The molecular formula is C17H23NO2. The second kappa shape index (κ2) is 8.20. The Hall–Kier alpha value is -2.03. The minimum Gasteiger partial charge on any atom is -0.478 e. The van der Waals surface area contributed by atoms with Gasteiger partial charge in [0.15, 0.2) is 0 Å². The van der Waals surface area contributed by atoms with Gasteiger partial charge >= 0.3 is 5.97 Å². The van der Waals surface area contributed by atoms with Gasteiger partial charge in [-0.2, -0.15) is 0 Å². The highest BCUT2D eigenvalue weighted by Gasteiger charge is 2.01. The van der Waals surface area contributed by atoms with Crippen LogP contribution in [0.15, 0.2) is 47.6 Å². The van der Waals surface area contributed by atoms with Gasteiger partial charge in [-0.1, -0.05) is 29.4 Å². The maximum atomic E-state index is 10.9. The summed E-state index contributed by atoms with van der Waals surface area (Å²) in [5, 5.41) is 12.1. The molecule has 0 aromatic heterocycles. The Labute approximate surface area is 121 Å². The largest absolute Gasteiger partial charge is 0.478 e. The number of allylic oxidation sites excluding steroid dienone is 3. The van der Waals surface area contributed by atoms with Crippen LogP contribution in [0.25, 0.3) is 0 Å². The summed E-state index contributed by atoms with van der Waals surface area (Å²) in [7, 11) is 0. The van der Waals surface area contributed by atoms with Gasteiger partial charge in [0.05, 0.1) is 5.56 Å². The number of carbonyl (C=O) groups is 1. The van der Waals surface area contributed by atoms with Gasteiger partial charge in [-0.05, 0) is 51.8 Å². The van der Waals surface area contributed by atoms with Crippen molar-refractivity contribution in [3.8, 4) is 0 Å². The summed E-state index contributed by atoms with van der Waals surface area (Å²) in [6, 6.07) is 6.86. The molecule has 0 radical (unpaired) electrons. The lowest BCUT2D eigenvalue weighted by Gasteiger charge is -2.05. The zero-order chi connectivity index (χ0) is 15.0. The Morgan fingerprint density at radius 1 is 1.25 bits per heavy atom. The average molecular weight is 273 g/mol. The van der Waals surface area contributed by atoms with Crippen LogP contribution in [0.3, 0.4) is 0 Å². The number of anilines is 1. The number of hydrogen-bond donors (Lipinski definition) is 2. The Kier molecular flexibility index (Phi) is 6.57. The van der Waals surface area contributed by atoms with Crippen LogP contribution < -0.4 is 5.32 Å². The molecular weight excluding hydrogens is 250 g/mol. The highest BCUT2D eigenvalue weighted by molar-refractivity contribution is 5.88. The molecule has 0 aliphatic heterocycles. The molecule has 0 bridgehead atoms. The molecule has 108 valence electrons. The molecule has 0 aliphatic carbocycles. The van der Waals surface area contributed by atoms with Crippen LogP contribution in [0, 0.1) is 0 Å². The molecule has 0 atom stereocenters. The smallest absolute Gasteiger partial charge is 0.335 e. The minimum atomic E-state index is -0.901. The minimum absolute atomic E-state index is 0.305. The Morgan fingerprint density at radius 2 is 2.00 bits per heavy atom. The van der Waals surface area contributed by atoms with E-state index in [0.717, 1.165) is 18.5 Å². The van der Waals surface area contributed by atoms with E-state index in [1.807, 2.05) is 6.07 Å². The third-order valence-electron chi connectivity index (χ3n) is 2.96. The molecule has 2 N–H and O–H groups in total. The molecule has 3 heteroatoms. The molecule has 1 aromatic rings. The van der Waals surface area contributed by atoms with Gasteiger partial charge in [0.1, 0.15) is 0 Å². The van der Waals surface area contributed by atoms with Crippen molar-refractivity contribution in [2.75, 3.05) is 11.9 Å². The quantitative estimate of drug-likeness (QED) is 0.720. The second-order valence-corrected chi connectivity index (χ2v) is 5.14. The van der Waals surface area contributed by atoms with Crippen LogP contribution in [-0.2, 0) is 0 Å². The van der Waals surface area contributed by atoms with E-state index in [1.165, 1.54) is 11.1 Å². The molecule has 1 aromatic carbocycles. The molecule has 0 aliphatic rings. The van der Waals surface area contributed by atoms with Crippen molar-refractivity contribution in [2.24, 2.45) is 0 Å². The van der Waals surface area contributed by atoms with E-state index in [4.69, 9.17) is 5.11 Å². The van der Waals surface area contributed by atoms with Crippen molar-refractivity contribution >= 4 is 11.7 Å². The van der Waals surface area contributed by atoms with E-state index in [2.05, 4.69) is 38.2 Å². The maximum Gasteiger partial charge on any atom is 0.335 e. The predicted molar refractivity (Wildman–Crippen MR) is 84.3 cm³/mol. The van der Waals surface area contributed by atoms with Crippen LogP contribution in [0.1, 0.15) is 44.0 Å². The SMILES string of the molecule is CC(C)=CCCC(C)=CCNc1cccc(C(=O)O)c1. The summed E-state index contributed by atoms with van der Waals surface area (Å²) in [5.41, 5.74) is 3.82. The maximum absolute atomic E-state index is 10.9. The standard InChI is InChI=1S/C17H23NO2/c1-13(2)6-4-7-14(3)10-11-18-16-9-5-8-15(12-16)17(19)20/h5-6,8-10,12,18H,4,7,11H2,1-3H3,(H,19,20). The van der Waals surface area contributed by atoms with Gasteiger partial charge in [-0.3, -0.25) is 0 Å². The number of benzene rings is 1. The summed E-state index contributed by atoms with van der Waals surface area (Å²) in [6.45, 7) is 7.05. The predicted octanol–water partition coefficient (Wildman–Crippen LogP) is 4.49. The van der Waals surface area contributed by atoms with Crippen LogP contribution >= 0.6 is 0 Å². The number of rotatable bonds is 7. The fourth-order valence-corrected chi connectivity index (χ4v) is 1.80. The zero-order valence-corrected chi connectivity index (χ0v) is 12.4. The number of nitrogens with one attached hydrogen (secondary N) is 1. The van der Waals surface area contributed by atoms with Crippen molar-refractivity contribution < 1.29 is 9.90 Å². The molecule has 0 heterocycles. The van der Waals surface area contributed by atoms with E-state index in [9.17, 15) is 4.79 Å². The van der Waals surface area contributed by atoms with E-state index >= 15 is 0 Å². The molecule has 0 amide bonds. The zero-order valence-electron chi connectivity index (χ0n) is 12.4. The first-order chi connectivity index (χ1) is 9.49. The van der Waals surface area contributed by atoms with E-state index in [0.29, 0.717) is 12.1 Å². The Morgan fingerprint density at radius 3 is 2.65 bits per heavy atom. The molecule has 0 fully saturated rings. The molecule has 0 saturated heterocycles. The van der Waals surface area contributed by atoms with Gasteiger partial charge in [0, 0.05) is 12.2 Å². The highest BCUT2D eigenvalue weighted by Crippen LogP contribution is 2.11. The Bertz CT molecular complexity index is 511. The number of aromatic carboxylic acids is 1. The number of hydrogen-bond acceptors (Lipinski definition) is 2. The monoisotopic (exact) mass is 273 g/mol. The fraction of sp³-hybridized carbons (Fsp3) is 0.353. The Balaban J connectivity index is 2.45. The topological polar surface area (TPSA) is 49.3 Å². The summed E-state index contributed by atoms with van der Waals surface area (Å²) in [4.78, 5) is 10.9. The van der Waals surface area contributed by atoms with Crippen LogP contribution in [0.2, 0.25) is 0 Å². The highest BCUT2D eigenvalue weighted by atomic mass is 16.4. The average Bonchev–Trinajstić information content (AvgIpc) is 2.38. The first-order valence-electron chi connectivity index (χ1n) is 6.85. The third-order valence-corrected chi connectivity index (χ3v) is 2.96. The lowest BCUT2D eigenvalue weighted by molar-refractivity contribution is 0.0697. The lowest BCUT2D eigenvalue weighted by Crippen LogP contribution is -2.02. The van der Waals surface area contributed by atoms with Crippen molar-refractivity contribution in [3.63, 3.8) is 0 Å². The van der Waals surface area contributed by atoms with Crippen molar-refractivity contribution in [1.29, 1.82) is 0 Å².